The molecule has 5 nitrogen and oxygen atoms in total. The fourth-order valence-electron chi connectivity index (χ4n) is 1.58. The van der Waals surface area contributed by atoms with Crippen molar-refractivity contribution in [2.24, 2.45) is 0 Å². The number of anilines is 2. The molecule has 0 aliphatic rings. The molecule has 0 saturated heterocycles. The molecule has 2 aromatic rings. The Morgan fingerprint density at radius 2 is 2.06 bits per heavy atom. The molecule has 0 atom stereocenters. The number of thiol groups is 1. The molecule has 0 spiro atoms. The minimum Gasteiger partial charge on any atom is -0.368 e. The molecule has 1 aromatic heterocycles. The Balaban J connectivity index is 2.13. The first kappa shape index (κ1) is 11.8. The molecular weight excluding hydrogens is 234 g/mol. The van der Waals surface area contributed by atoms with E-state index in [2.05, 4.69) is 39.9 Å². The van der Waals surface area contributed by atoms with Crippen molar-refractivity contribution in [2.75, 3.05) is 22.9 Å². The van der Waals surface area contributed by atoms with Crippen LogP contribution < -0.4 is 10.6 Å². The van der Waals surface area contributed by atoms with Gasteiger partial charge in [0.05, 0.1) is 0 Å². The molecule has 90 valence electrons. The maximum atomic E-state index is 5.53. The van der Waals surface area contributed by atoms with Crippen molar-refractivity contribution in [1.29, 1.82) is 0 Å². The van der Waals surface area contributed by atoms with Crippen LogP contribution in [0.5, 0.6) is 0 Å². The number of nitrogens with two attached hydrogens (primary N) is 1. The second-order valence-corrected chi connectivity index (χ2v) is 4.10. The molecule has 0 aliphatic heterocycles. The van der Waals surface area contributed by atoms with Crippen molar-refractivity contribution in [3.05, 3.63) is 35.9 Å². The maximum Gasteiger partial charge on any atom is 0.246 e. The number of hydrogen-bond donors (Lipinski definition) is 3. The lowest BCUT2D eigenvalue weighted by atomic mass is 10.2. The van der Waals surface area contributed by atoms with Gasteiger partial charge in [-0.05, 0) is 5.56 Å². The third kappa shape index (κ3) is 3.13. The van der Waals surface area contributed by atoms with E-state index < -0.39 is 0 Å². The van der Waals surface area contributed by atoms with Crippen LogP contribution in [-0.2, 0) is 6.54 Å². The summed E-state index contributed by atoms with van der Waals surface area (Å²) in [6.45, 7) is 1.52. The van der Waals surface area contributed by atoms with Crippen molar-refractivity contribution in [3.8, 4) is 0 Å². The largest absolute Gasteiger partial charge is 0.368 e. The SMILES string of the molecule is Nc1nc(N(CCS)Cc2ccccc2)n[nH]1. The van der Waals surface area contributed by atoms with Gasteiger partial charge in [0, 0.05) is 18.8 Å². The van der Waals surface area contributed by atoms with Gasteiger partial charge in [0.2, 0.25) is 11.9 Å². The molecule has 0 fully saturated rings. The predicted octanol–water partition coefficient (Wildman–Crippen LogP) is 1.32. The van der Waals surface area contributed by atoms with E-state index in [1.807, 2.05) is 23.1 Å². The van der Waals surface area contributed by atoms with Crippen molar-refractivity contribution < 1.29 is 0 Å². The molecule has 1 heterocycles. The van der Waals surface area contributed by atoms with Crippen LogP contribution in [0.1, 0.15) is 5.56 Å². The van der Waals surface area contributed by atoms with Crippen LogP contribution >= 0.6 is 12.6 Å². The van der Waals surface area contributed by atoms with Crippen molar-refractivity contribution in [1.82, 2.24) is 15.2 Å². The highest BCUT2D eigenvalue weighted by atomic mass is 32.1. The molecule has 0 amide bonds. The van der Waals surface area contributed by atoms with Crippen LogP contribution in [0.15, 0.2) is 30.3 Å². The zero-order valence-corrected chi connectivity index (χ0v) is 10.3. The molecule has 0 unspecified atom stereocenters. The lowest BCUT2D eigenvalue weighted by molar-refractivity contribution is 0.800. The quantitative estimate of drug-likeness (QED) is 0.699. The Bertz CT molecular complexity index is 456. The number of nitrogen functional groups attached to an aromatic ring is 1. The zero-order valence-electron chi connectivity index (χ0n) is 9.37. The number of nitrogens with zero attached hydrogens (tertiary/aromatic N) is 3. The summed E-state index contributed by atoms with van der Waals surface area (Å²) >= 11 is 4.24. The smallest absolute Gasteiger partial charge is 0.246 e. The molecule has 1 aromatic carbocycles. The van der Waals surface area contributed by atoms with Crippen molar-refractivity contribution in [3.63, 3.8) is 0 Å². The number of benzene rings is 1. The highest BCUT2D eigenvalue weighted by Crippen LogP contribution is 2.12. The lowest BCUT2D eigenvalue weighted by Gasteiger charge is -2.19. The van der Waals surface area contributed by atoms with Gasteiger partial charge in [0.1, 0.15) is 0 Å². The van der Waals surface area contributed by atoms with Crippen molar-refractivity contribution in [2.45, 2.75) is 6.54 Å². The third-order valence-electron chi connectivity index (χ3n) is 2.36. The number of H-pyrrole nitrogens is 1. The van der Waals surface area contributed by atoms with Gasteiger partial charge in [-0.3, -0.25) is 0 Å². The molecular formula is C11H15N5S. The summed E-state index contributed by atoms with van der Waals surface area (Å²) in [6.07, 6.45) is 0. The van der Waals surface area contributed by atoms with Crippen LogP contribution in [0, 0.1) is 0 Å². The van der Waals surface area contributed by atoms with Crippen LogP contribution in [0.3, 0.4) is 0 Å². The zero-order chi connectivity index (χ0) is 12.1. The fraction of sp³-hybridized carbons (Fsp3) is 0.273. The molecule has 2 rings (SSSR count). The summed E-state index contributed by atoms with van der Waals surface area (Å²) in [5.74, 6) is 1.68. The molecule has 0 saturated carbocycles. The Kier molecular flexibility index (Phi) is 3.87. The van der Waals surface area contributed by atoms with Crippen LogP contribution in [0.4, 0.5) is 11.9 Å². The van der Waals surface area contributed by atoms with Gasteiger partial charge in [-0.2, -0.15) is 17.6 Å². The molecule has 17 heavy (non-hydrogen) atoms. The van der Waals surface area contributed by atoms with Crippen LogP contribution in [0.2, 0.25) is 0 Å². The number of aromatic amines is 1. The topological polar surface area (TPSA) is 70.8 Å². The summed E-state index contributed by atoms with van der Waals surface area (Å²) in [5.41, 5.74) is 6.74. The van der Waals surface area contributed by atoms with Gasteiger partial charge in [-0.15, -0.1) is 5.10 Å². The van der Waals surface area contributed by atoms with Gasteiger partial charge in [0.25, 0.3) is 0 Å². The summed E-state index contributed by atoms with van der Waals surface area (Å²) in [5, 5.41) is 6.71. The molecule has 6 heteroatoms. The summed E-state index contributed by atoms with van der Waals surface area (Å²) in [6, 6.07) is 10.2. The van der Waals surface area contributed by atoms with Crippen LogP contribution in [0.25, 0.3) is 0 Å². The first-order valence-corrected chi connectivity index (χ1v) is 6.00. The Labute approximate surface area is 105 Å². The molecule has 0 radical (unpaired) electrons. The highest BCUT2D eigenvalue weighted by molar-refractivity contribution is 7.80. The molecule has 0 aliphatic carbocycles. The lowest BCUT2D eigenvalue weighted by Crippen LogP contribution is -2.26. The van der Waals surface area contributed by atoms with E-state index in [9.17, 15) is 0 Å². The predicted molar refractivity (Wildman–Crippen MR) is 72.1 cm³/mol. The van der Waals surface area contributed by atoms with E-state index >= 15 is 0 Å². The van der Waals surface area contributed by atoms with E-state index in [1.54, 1.807) is 0 Å². The van der Waals surface area contributed by atoms with Crippen LogP contribution in [-0.4, -0.2) is 27.5 Å². The number of aromatic nitrogens is 3. The van der Waals surface area contributed by atoms with Gasteiger partial charge in [0.15, 0.2) is 0 Å². The van der Waals surface area contributed by atoms with E-state index in [0.717, 1.165) is 18.8 Å². The normalized spacial score (nSPS) is 10.4. The first-order valence-electron chi connectivity index (χ1n) is 5.37. The summed E-state index contributed by atoms with van der Waals surface area (Å²) in [7, 11) is 0. The average molecular weight is 249 g/mol. The van der Waals surface area contributed by atoms with Gasteiger partial charge < -0.3 is 10.6 Å². The minimum absolute atomic E-state index is 0.331. The van der Waals surface area contributed by atoms with Gasteiger partial charge >= 0.3 is 0 Å². The fourth-order valence-corrected chi connectivity index (χ4v) is 1.82. The first-order chi connectivity index (χ1) is 8.29. The molecule has 0 bridgehead atoms. The van der Waals surface area contributed by atoms with Crippen molar-refractivity contribution >= 4 is 24.5 Å². The average Bonchev–Trinajstić information content (AvgIpc) is 2.77. The second kappa shape index (κ2) is 5.58. The number of rotatable bonds is 5. The summed E-state index contributed by atoms with van der Waals surface area (Å²) in [4.78, 5) is 6.17. The van der Waals surface area contributed by atoms with Gasteiger partial charge in [-0.25, -0.2) is 5.10 Å². The molecule has 3 N–H and O–H groups in total. The third-order valence-corrected chi connectivity index (χ3v) is 2.56. The van der Waals surface area contributed by atoms with E-state index in [1.165, 1.54) is 5.56 Å². The minimum atomic E-state index is 0.331. The van der Waals surface area contributed by atoms with E-state index in [4.69, 9.17) is 5.73 Å². The number of nitrogens with one attached hydrogen (secondary N) is 1. The second-order valence-electron chi connectivity index (χ2n) is 3.65. The van der Waals surface area contributed by atoms with E-state index in [-0.39, 0.29) is 0 Å². The maximum absolute atomic E-state index is 5.53. The Morgan fingerprint density at radius 3 is 2.65 bits per heavy atom. The monoisotopic (exact) mass is 249 g/mol. The van der Waals surface area contributed by atoms with E-state index in [0.29, 0.717) is 11.9 Å². The van der Waals surface area contributed by atoms with Gasteiger partial charge in [-0.1, -0.05) is 30.3 Å². The Hall–Kier alpha value is -1.69. The standard InChI is InChI=1S/C11H15N5S/c12-10-13-11(15-14-10)16(6-7-17)8-9-4-2-1-3-5-9/h1-5,17H,6-8H2,(H3,12,13,14,15). The summed E-state index contributed by atoms with van der Waals surface area (Å²) < 4.78 is 0. The number of hydrogen-bond acceptors (Lipinski definition) is 5. The Morgan fingerprint density at radius 1 is 1.29 bits per heavy atom. The highest BCUT2D eigenvalue weighted by Gasteiger charge is 2.11.